The smallest absolute Gasteiger partial charge is 0.274 e. The van der Waals surface area contributed by atoms with Crippen LogP contribution in [-0.4, -0.2) is 21.6 Å². The Balaban J connectivity index is 2.07. The van der Waals surface area contributed by atoms with Crippen molar-refractivity contribution in [1.82, 2.24) is 15.4 Å². The first-order valence-corrected chi connectivity index (χ1v) is 6.49. The fourth-order valence-corrected chi connectivity index (χ4v) is 2.04. The Bertz CT molecular complexity index is 646. The molecule has 0 saturated carbocycles. The van der Waals surface area contributed by atoms with Crippen LogP contribution in [0.4, 0.5) is 0 Å². The van der Waals surface area contributed by atoms with Gasteiger partial charge in [-0.2, -0.15) is 0 Å². The number of nitrogens with zero attached hydrogens (tertiary/aromatic N) is 1. The lowest BCUT2D eigenvalue weighted by atomic mass is 10.1. The highest BCUT2D eigenvalue weighted by atomic mass is 16.5. The van der Waals surface area contributed by atoms with Gasteiger partial charge in [-0.05, 0) is 36.8 Å². The molecule has 3 N–H and O–H groups in total. The summed E-state index contributed by atoms with van der Waals surface area (Å²) in [6.45, 7) is 1.86. The second kappa shape index (κ2) is 6.23. The maximum atomic E-state index is 12.1. The van der Waals surface area contributed by atoms with E-state index in [-0.39, 0.29) is 11.9 Å². The third-order valence-corrected chi connectivity index (χ3v) is 3.30. The van der Waals surface area contributed by atoms with E-state index in [0.29, 0.717) is 11.3 Å². The third-order valence-electron chi connectivity index (χ3n) is 3.30. The number of hydrogen-bond donors (Lipinski definition) is 3. The monoisotopic (exact) mass is 287 g/mol. The van der Waals surface area contributed by atoms with E-state index >= 15 is 0 Å². The van der Waals surface area contributed by atoms with E-state index in [1.165, 1.54) is 0 Å². The number of aromatic nitrogens is 1. The van der Waals surface area contributed by atoms with Gasteiger partial charge in [0.2, 0.25) is 0 Å². The van der Waals surface area contributed by atoms with Gasteiger partial charge in [0, 0.05) is 18.8 Å². The van der Waals surface area contributed by atoms with Gasteiger partial charge in [-0.1, -0.05) is 12.1 Å². The molecule has 0 unspecified atom stereocenters. The van der Waals surface area contributed by atoms with Gasteiger partial charge >= 0.3 is 0 Å². The van der Waals surface area contributed by atoms with Crippen LogP contribution >= 0.6 is 0 Å². The average molecular weight is 287 g/mol. The van der Waals surface area contributed by atoms with E-state index in [1.54, 1.807) is 40.4 Å². The first kappa shape index (κ1) is 14.8. The molecule has 0 radical (unpaired) electrons. The van der Waals surface area contributed by atoms with Crippen molar-refractivity contribution < 1.29 is 14.8 Å². The van der Waals surface area contributed by atoms with Crippen LogP contribution in [0, 0.1) is 0 Å². The quantitative estimate of drug-likeness (QED) is 0.590. The van der Waals surface area contributed by atoms with Crippen molar-refractivity contribution in [1.29, 1.82) is 0 Å². The van der Waals surface area contributed by atoms with Crippen LogP contribution in [0.3, 0.4) is 0 Å². The van der Waals surface area contributed by atoms with Crippen LogP contribution in [0.1, 0.15) is 39.4 Å². The maximum Gasteiger partial charge on any atom is 0.274 e. The second-order valence-corrected chi connectivity index (χ2v) is 4.76. The average Bonchev–Trinajstić information content (AvgIpc) is 2.92. The normalized spacial score (nSPS) is 11.8. The third kappa shape index (κ3) is 3.29. The Morgan fingerprint density at radius 3 is 2.33 bits per heavy atom. The molecule has 0 saturated heterocycles. The molecule has 2 amide bonds. The molecule has 2 rings (SSSR count). The molecule has 1 aromatic carbocycles. The number of carbonyl (C=O) groups excluding carboxylic acids is 2. The van der Waals surface area contributed by atoms with Crippen LogP contribution in [-0.2, 0) is 7.05 Å². The minimum absolute atomic E-state index is 0.160. The molecule has 0 aliphatic carbocycles. The van der Waals surface area contributed by atoms with E-state index < -0.39 is 5.91 Å². The predicted octanol–water partition coefficient (Wildman–Crippen LogP) is 1.64. The fraction of sp³-hybridized carbons (Fsp3) is 0.200. The maximum absolute atomic E-state index is 12.1. The van der Waals surface area contributed by atoms with Gasteiger partial charge < -0.3 is 9.88 Å². The number of carbonyl (C=O) groups is 2. The van der Waals surface area contributed by atoms with Crippen molar-refractivity contribution in [3.05, 3.63) is 59.4 Å². The van der Waals surface area contributed by atoms with Crippen molar-refractivity contribution in [3.8, 4) is 0 Å². The molecule has 0 aliphatic heterocycles. The van der Waals surface area contributed by atoms with Gasteiger partial charge in [0.15, 0.2) is 0 Å². The predicted molar refractivity (Wildman–Crippen MR) is 77.0 cm³/mol. The zero-order valence-electron chi connectivity index (χ0n) is 11.8. The van der Waals surface area contributed by atoms with Crippen LogP contribution in [0.5, 0.6) is 0 Å². The van der Waals surface area contributed by atoms with Crippen molar-refractivity contribution in [2.75, 3.05) is 0 Å². The Labute approximate surface area is 122 Å². The summed E-state index contributed by atoms with van der Waals surface area (Å²) >= 11 is 0. The van der Waals surface area contributed by atoms with Crippen molar-refractivity contribution in [3.63, 3.8) is 0 Å². The van der Waals surface area contributed by atoms with Gasteiger partial charge in [0.1, 0.15) is 5.69 Å². The number of hydrogen-bond acceptors (Lipinski definition) is 3. The lowest BCUT2D eigenvalue weighted by Crippen LogP contribution is -2.28. The van der Waals surface area contributed by atoms with E-state index in [4.69, 9.17) is 5.21 Å². The number of benzene rings is 1. The van der Waals surface area contributed by atoms with Gasteiger partial charge in [-0.3, -0.25) is 14.8 Å². The highest BCUT2D eigenvalue weighted by Crippen LogP contribution is 2.14. The van der Waals surface area contributed by atoms with Crippen molar-refractivity contribution in [2.45, 2.75) is 13.0 Å². The molecule has 6 heteroatoms. The Morgan fingerprint density at radius 1 is 1.14 bits per heavy atom. The van der Waals surface area contributed by atoms with Gasteiger partial charge in [0.05, 0.1) is 6.04 Å². The molecule has 1 aromatic heterocycles. The SMILES string of the molecule is C[C@@H](NC(=O)c1cccn1C)c1ccc(C(=O)NO)cc1. The lowest BCUT2D eigenvalue weighted by molar-refractivity contribution is 0.0706. The first-order chi connectivity index (χ1) is 10.0. The highest BCUT2D eigenvalue weighted by Gasteiger charge is 2.14. The summed E-state index contributed by atoms with van der Waals surface area (Å²) in [6, 6.07) is 10.0. The van der Waals surface area contributed by atoms with Crippen LogP contribution in [0.25, 0.3) is 0 Å². The lowest BCUT2D eigenvalue weighted by Gasteiger charge is -2.15. The molecule has 1 atom stereocenters. The molecule has 21 heavy (non-hydrogen) atoms. The van der Waals surface area contributed by atoms with Gasteiger partial charge in [-0.25, -0.2) is 5.48 Å². The summed E-state index contributed by atoms with van der Waals surface area (Å²) in [6.07, 6.45) is 1.81. The Kier molecular flexibility index (Phi) is 4.39. The standard InChI is InChI=1S/C15H17N3O3/c1-10(16-15(20)13-4-3-9-18(13)2)11-5-7-12(8-6-11)14(19)17-21/h3-10,21H,1-2H3,(H,16,20)(H,17,19)/t10-/m1/s1. The molecule has 0 spiro atoms. The van der Waals surface area contributed by atoms with Crippen LogP contribution < -0.4 is 10.8 Å². The zero-order chi connectivity index (χ0) is 15.4. The van der Waals surface area contributed by atoms with Gasteiger partial charge in [0.25, 0.3) is 11.8 Å². The topological polar surface area (TPSA) is 83.4 Å². The van der Waals surface area contributed by atoms with Crippen LogP contribution in [0.2, 0.25) is 0 Å². The highest BCUT2D eigenvalue weighted by molar-refractivity contribution is 5.94. The zero-order valence-corrected chi connectivity index (χ0v) is 11.8. The molecule has 6 nitrogen and oxygen atoms in total. The number of hydroxylamine groups is 1. The second-order valence-electron chi connectivity index (χ2n) is 4.76. The first-order valence-electron chi connectivity index (χ1n) is 6.49. The van der Waals surface area contributed by atoms with E-state index in [1.807, 2.05) is 26.2 Å². The molecule has 1 heterocycles. The largest absolute Gasteiger partial charge is 0.347 e. The summed E-state index contributed by atoms with van der Waals surface area (Å²) in [5, 5.41) is 11.5. The van der Waals surface area contributed by atoms with Gasteiger partial charge in [-0.15, -0.1) is 0 Å². The summed E-state index contributed by atoms with van der Waals surface area (Å²) in [4.78, 5) is 23.3. The summed E-state index contributed by atoms with van der Waals surface area (Å²) in [5.74, 6) is -0.728. The number of aryl methyl sites for hydroxylation is 1. The summed E-state index contributed by atoms with van der Waals surface area (Å²) in [7, 11) is 1.81. The van der Waals surface area contributed by atoms with Crippen molar-refractivity contribution >= 4 is 11.8 Å². The van der Waals surface area contributed by atoms with E-state index in [0.717, 1.165) is 5.56 Å². The van der Waals surface area contributed by atoms with E-state index in [2.05, 4.69) is 5.32 Å². The van der Waals surface area contributed by atoms with E-state index in [9.17, 15) is 9.59 Å². The molecule has 110 valence electrons. The minimum atomic E-state index is -0.568. The Hall–Kier alpha value is -2.60. The molecule has 2 aromatic rings. The summed E-state index contributed by atoms with van der Waals surface area (Å²) < 4.78 is 1.75. The van der Waals surface area contributed by atoms with Crippen LogP contribution in [0.15, 0.2) is 42.6 Å². The van der Waals surface area contributed by atoms with Crippen molar-refractivity contribution in [2.24, 2.45) is 7.05 Å². The minimum Gasteiger partial charge on any atom is -0.347 e. The number of rotatable bonds is 4. The molecule has 0 bridgehead atoms. The molecule has 0 aliphatic rings. The molecule has 0 fully saturated rings. The molecular formula is C15H17N3O3. The molecular weight excluding hydrogens is 270 g/mol. The number of amides is 2. The Morgan fingerprint density at radius 2 is 1.81 bits per heavy atom. The fourth-order valence-electron chi connectivity index (χ4n) is 2.04. The summed E-state index contributed by atoms with van der Waals surface area (Å²) in [5.41, 5.74) is 3.37. The number of nitrogens with one attached hydrogen (secondary N) is 2.